The van der Waals surface area contributed by atoms with E-state index >= 15 is 0 Å². The van der Waals surface area contributed by atoms with Crippen molar-refractivity contribution < 1.29 is 4.79 Å². The summed E-state index contributed by atoms with van der Waals surface area (Å²) >= 11 is 0. The van der Waals surface area contributed by atoms with Crippen molar-refractivity contribution in [2.75, 3.05) is 11.9 Å². The Morgan fingerprint density at radius 2 is 1.76 bits per heavy atom. The van der Waals surface area contributed by atoms with E-state index in [1.54, 1.807) is 12.4 Å². The number of anilines is 1. The van der Waals surface area contributed by atoms with E-state index in [-0.39, 0.29) is 5.91 Å². The third kappa shape index (κ3) is 3.65. The number of nitrogens with one attached hydrogen (secondary N) is 1. The fourth-order valence-corrected chi connectivity index (χ4v) is 3.79. The molecule has 1 saturated carbocycles. The predicted molar refractivity (Wildman–Crippen MR) is 97.4 cm³/mol. The predicted octanol–water partition coefficient (Wildman–Crippen LogP) is 3.42. The molecule has 1 aromatic heterocycles. The van der Waals surface area contributed by atoms with Crippen LogP contribution in [0.3, 0.4) is 0 Å². The zero-order chi connectivity index (χ0) is 17.1. The average Bonchev–Trinajstić information content (AvgIpc) is 2.68. The first-order chi connectivity index (χ1) is 12.3. The number of aromatic nitrogens is 2. The summed E-state index contributed by atoms with van der Waals surface area (Å²) in [6, 6.07) is 8.80. The first-order valence-corrected chi connectivity index (χ1v) is 9.24. The summed E-state index contributed by atoms with van der Waals surface area (Å²) in [4.78, 5) is 23.3. The normalized spacial score (nSPS) is 17.8. The highest BCUT2D eigenvalue weighted by atomic mass is 16.2. The van der Waals surface area contributed by atoms with Gasteiger partial charge in [0.15, 0.2) is 0 Å². The fraction of sp³-hybridized carbons (Fsp3) is 0.450. The topological polar surface area (TPSA) is 58.1 Å². The van der Waals surface area contributed by atoms with E-state index in [0.29, 0.717) is 24.1 Å². The first kappa shape index (κ1) is 16.1. The molecule has 5 heteroatoms. The lowest BCUT2D eigenvalue weighted by Gasteiger charge is -2.28. The van der Waals surface area contributed by atoms with E-state index in [9.17, 15) is 4.79 Å². The van der Waals surface area contributed by atoms with Gasteiger partial charge < -0.3 is 10.2 Å². The lowest BCUT2D eigenvalue weighted by atomic mass is 9.96. The number of benzene rings is 1. The quantitative estimate of drug-likeness (QED) is 0.933. The van der Waals surface area contributed by atoms with Crippen LogP contribution in [0.4, 0.5) is 5.95 Å². The van der Waals surface area contributed by atoms with Crippen molar-refractivity contribution in [3.8, 4) is 0 Å². The van der Waals surface area contributed by atoms with Crippen LogP contribution in [-0.2, 0) is 13.0 Å². The maximum Gasteiger partial charge on any atom is 0.257 e. The first-order valence-electron chi connectivity index (χ1n) is 9.24. The Balaban J connectivity index is 1.41. The van der Waals surface area contributed by atoms with Crippen molar-refractivity contribution in [2.45, 2.75) is 51.1 Å². The number of rotatable bonds is 3. The number of fused-ring (bicyclic) bond motifs is 1. The maximum absolute atomic E-state index is 12.7. The second-order valence-electron chi connectivity index (χ2n) is 7.02. The molecule has 5 nitrogen and oxygen atoms in total. The minimum atomic E-state index is 0.0127. The van der Waals surface area contributed by atoms with Crippen molar-refractivity contribution in [1.29, 1.82) is 0 Å². The summed E-state index contributed by atoms with van der Waals surface area (Å²) in [6.07, 6.45) is 10.4. The van der Waals surface area contributed by atoms with Crippen LogP contribution in [0.25, 0.3) is 0 Å². The minimum Gasteiger partial charge on any atom is -0.351 e. The smallest absolute Gasteiger partial charge is 0.257 e. The molecule has 4 rings (SSSR count). The molecule has 1 aliphatic heterocycles. The molecule has 0 radical (unpaired) electrons. The molecular weight excluding hydrogens is 312 g/mol. The second kappa shape index (κ2) is 7.21. The van der Waals surface area contributed by atoms with E-state index in [1.807, 2.05) is 11.0 Å². The molecule has 1 N–H and O–H groups in total. The monoisotopic (exact) mass is 336 g/mol. The zero-order valence-electron chi connectivity index (χ0n) is 14.4. The van der Waals surface area contributed by atoms with Gasteiger partial charge >= 0.3 is 0 Å². The molecular formula is C20H24N4O. The average molecular weight is 336 g/mol. The van der Waals surface area contributed by atoms with Gasteiger partial charge in [-0.05, 0) is 30.4 Å². The van der Waals surface area contributed by atoms with E-state index in [2.05, 4.69) is 33.5 Å². The molecule has 2 heterocycles. The van der Waals surface area contributed by atoms with Gasteiger partial charge in [-0.2, -0.15) is 0 Å². The van der Waals surface area contributed by atoms with Crippen molar-refractivity contribution >= 4 is 11.9 Å². The summed E-state index contributed by atoms with van der Waals surface area (Å²) in [5.41, 5.74) is 3.14. The van der Waals surface area contributed by atoms with Gasteiger partial charge in [0, 0.05) is 31.5 Å². The summed E-state index contributed by atoms with van der Waals surface area (Å²) in [6.45, 7) is 1.41. The third-order valence-corrected chi connectivity index (χ3v) is 5.26. The Morgan fingerprint density at radius 3 is 2.52 bits per heavy atom. The van der Waals surface area contributed by atoms with Crippen molar-refractivity contribution in [2.24, 2.45) is 0 Å². The van der Waals surface area contributed by atoms with E-state index in [0.717, 1.165) is 13.0 Å². The molecule has 0 unspecified atom stereocenters. The molecule has 1 aromatic carbocycles. The molecule has 0 saturated heterocycles. The summed E-state index contributed by atoms with van der Waals surface area (Å²) in [5, 5.41) is 3.39. The van der Waals surface area contributed by atoms with Gasteiger partial charge in [-0.1, -0.05) is 43.5 Å². The maximum atomic E-state index is 12.7. The van der Waals surface area contributed by atoms with Crippen molar-refractivity contribution in [3.05, 3.63) is 53.3 Å². The van der Waals surface area contributed by atoms with Crippen LogP contribution in [-0.4, -0.2) is 33.4 Å². The molecule has 2 aliphatic rings. The lowest BCUT2D eigenvalue weighted by Crippen LogP contribution is -2.36. The molecule has 1 amide bonds. The van der Waals surface area contributed by atoms with Gasteiger partial charge in [0.05, 0.1) is 5.56 Å². The number of carbonyl (C=O) groups excluding carboxylic acids is 1. The molecule has 130 valence electrons. The Bertz CT molecular complexity index is 738. The van der Waals surface area contributed by atoms with Crippen LogP contribution in [0.2, 0.25) is 0 Å². The lowest BCUT2D eigenvalue weighted by molar-refractivity contribution is 0.0734. The van der Waals surface area contributed by atoms with Gasteiger partial charge in [-0.25, -0.2) is 9.97 Å². The zero-order valence-corrected chi connectivity index (χ0v) is 14.4. The Labute approximate surface area is 148 Å². The van der Waals surface area contributed by atoms with E-state index < -0.39 is 0 Å². The third-order valence-electron chi connectivity index (χ3n) is 5.26. The van der Waals surface area contributed by atoms with Crippen molar-refractivity contribution in [1.82, 2.24) is 14.9 Å². The largest absolute Gasteiger partial charge is 0.351 e. The van der Waals surface area contributed by atoms with Crippen LogP contribution in [0.1, 0.15) is 53.6 Å². The van der Waals surface area contributed by atoms with Gasteiger partial charge in [-0.15, -0.1) is 0 Å². The van der Waals surface area contributed by atoms with Crippen LogP contribution >= 0.6 is 0 Å². The highest BCUT2D eigenvalue weighted by Gasteiger charge is 2.22. The molecule has 0 atom stereocenters. The van der Waals surface area contributed by atoms with Gasteiger partial charge in [0.25, 0.3) is 5.91 Å². The van der Waals surface area contributed by atoms with Crippen LogP contribution in [0.5, 0.6) is 0 Å². The van der Waals surface area contributed by atoms with Crippen molar-refractivity contribution in [3.63, 3.8) is 0 Å². The molecule has 1 aliphatic carbocycles. The SMILES string of the molecule is O=C(c1cnc(NC2CCCCC2)nc1)N1CCc2ccccc2C1. The number of nitrogens with zero attached hydrogens (tertiary/aromatic N) is 3. The van der Waals surface area contributed by atoms with Gasteiger partial charge in [0.2, 0.25) is 5.95 Å². The number of carbonyl (C=O) groups is 1. The summed E-state index contributed by atoms with van der Waals surface area (Å²) in [5.74, 6) is 0.645. The van der Waals surface area contributed by atoms with Gasteiger partial charge in [-0.3, -0.25) is 4.79 Å². The molecule has 0 spiro atoms. The highest BCUT2D eigenvalue weighted by molar-refractivity contribution is 5.93. The Morgan fingerprint density at radius 1 is 1.04 bits per heavy atom. The Kier molecular flexibility index (Phi) is 4.63. The standard InChI is InChI=1S/C20H24N4O/c25-19(24-11-10-15-6-4-5-7-16(15)14-24)17-12-21-20(22-13-17)23-18-8-2-1-3-9-18/h4-7,12-13,18H,1-3,8-11,14H2,(H,21,22,23). The van der Waals surface area contributed by atoms with Gasteiger partial charge in [0.1, 0.15) is 0 Å². The summed E-state index contributed by atoms with van der Waals surface area (Å²) in [7, 11) is 0. The minimum absolute atomic E-state index is 0.0127. The molecule has 2 aromatic rings. The van der Waals surface area contributed by atoms with E-state index in [1.165, 1.54) is 43.2 Å². The second-order valence-corrected chi connectivity index (χ2v) is 7.02. The molecule has 1 fully saturated rings. The Hall–Kier alpha value is -2.43. The molecule has 0 bridgehead atoms. The molecule has 25 heavy (non-hydrogen) atoms. The van der Waals surface area contributed by atoms with Crippen LogP contribution < -0.4 is 5.32 Å². The van der Waals surface area contributed by atoms with E-state index in [4.69, 9.17) is 0 Å². The fourth-order valence-electron chi connectivity index (χ4n) is 3.79. The number of amides is 1. The number of hydrogen-bond donors (Lipinski definition) is 1. The summed E-state index contributed by atoms with van der Waals surface area (Å²) < 4.78 is 0. The van der Waals surface area contributed by atoms with Crippen LogP contribution in [0.15, 0.2) is 36.7 Å². The number of hydrogen-bond acceptors (Lipinski definition) is 4. The van der Waals surface area contributed by atoms with Crippen LogP contribution in [0, 0.1) is 0 Å². The highest BCUT2D eigenvalue weighted by Crippen LogP contribution is 2.21.